The minimum atomic E-state index is -4.49. The molecule has 0 unspecified atom stereocenters. The standard InChI is InChI=1S/C20H18F3N3O3.Na/c1-19(2,18(27)28)11-29-14-6-3-12(4-7-14)15-8-5-13(9-24-15)17-25-10-16(26-17)20(21,22)23;/h3-10H,11H2,1-2H3,(H,25,26)(H,27,28);/q;+1/p-1. The van der Waals surface area contributed by atoms with Crippen molar-refractivity contribution in [2.75, 3.05) is 6.61 Å². The van der Waals surface area contributed by atoms with E-state index in [4.69, 9.17) is 4.74 Å². The van der Waals surface area contributed by atoms with Gasteiger partial charge in [-0.2, -0.15) is 13.2 Å². The largest absolute Gasteiger partial charge is 1.00 e. The number of ether oxygens (including phenoxy) is 1. The first-order chi connectivity index (χ1) is 13.6. The van der Waals surface area contributed by atoms with Crippen molar-refractivity contribution < 1.29 is 57.4 Å². The molecule has 0 aliphatic heterocycles. The summed E-state index contributed by atoms with van der Waals surface area (Å²) in [5.74, 6) is -0.622. The Hall–Kier alpha value is -2.36. The minimum absolute atomic E-state index is 0. The number of hydrogen-bond acceptors (Lipinski definition) is 5. The predicted molar refractivity (Wildman–Crippen MR) is 96.5 cm³/mol. The number of carboxylic acids is 1. The second-order valence-electron chi connectivity index (χ2n) is 7.06. The first kappa shape index (κ1) is 23.9. The molecule has 0 saturated heterocycles. The quantitative estimate of drug-likeness (QED) is 0.572. The molecule has 0 fully saturated rings. The number of benzene rings is 1. The fraction of sp³-hybridized carbons (Fsp3) is 0.250. The summed E-state index contributed by atoms with van der Waals surface area (Å²) < 4.78 is 43.5. The Morgan fingerprint density at radius 2 is 1.67 bits per heavy atom. The van der Waals surface area contributed by atoms with E-state index >= 15 is 0 Å². The molecule has 0 aliphatic carbocycles. The molecule has 3 rings (SSSR count). The van der Waals surface area contributed by atoms with Gasteiger partial charge in [-0.25, -0.2) is 4.98 Å². The Labute approximate surface area is 192 Å². The zero-order valence-electron chi connectivity index (χ0n) is 16.6. The Morgan fingerprint density at radius 1 is 1.03 bits per heavy atom. The molecule has 152 valence electrons. The van der Waals surface area contributed by atoms with Crippen molar-refractivity contribution in [2.45, 2.75) is 20.0 Å². The van der Waals surface area contributed by atoms with Gasteiger partial charge in [0.1, 0.15) is 17.3 Å². The van der Waals surface area contributed by atoms with Crippen LogP contribution in [0.4, 0.5) is 13.2 Å². The van der Waals surface area contributed by atoms with Crippen LogP contribution in [0.2, 0.25) is 0 Å². The fourth-order valence-electron chi connectivity index (χ4n) is 2.36. The number of aromatic nitrogens is 3. The molecule has 0 bridgehead atoms. The summed E-state index contributed by atoms with van der Waals surface area (Å²) in [6.07, 6.45) is -2.32. The van der Waals surface area contributed by atoms with E-state index in [1.165, 1.54) is 20.0 Å². The maximum Gasteiger partial charge on any atom is 1.00 e. The van der Waals surface area contributed by atoms with Crippen LogP contribution in [0.3, 0.4) is 0 Å². The molecule has 1 aromatic carbocycles. The molecular weight excluding hydrogens is 410 g/mol. The van der Waals surface area contributed by atoms with Crippen LogP contribution in [0.5, 0.6) is 5.75 Å². The van der Waals surface area contributed by atoms with E-state index in [-0.39, 0.29) is 42.0 Å². The van der Waals surface area contributed by atoms with Gasteiger partial charge in [-0.15, -0.1) is 0 Å². The molecule has 0 radical (unpaired) electrons. The smallest absolute Gasteiger partial charge is 0.549 e. The van der Waals surface area contributed by atoms with Crippen LogP contribution in [0, 0.1) is 5.41 Å². The Kier molecular flexibility index (Phi) is 7.33. The minimum Gasteiger partial charge on any atom is -0.549 e. The first-order valence-corrected chi connectivity index (χ1v) is 8.59. The number of pyridine rings is 1. The molecule has 0 saturated carbocycles. The van der Waals surface area contributed by atoms with Crippen molar-refractivity contribution >= 4 is 5.97 Å². The van der Waals surface area contributed by atoms with Gasteiger partial charge < -0.3 is 19.6 Å². The average molecular weight is 427 g/mol. The van der Waals surface area contributed by atoms with E-state index in [0.29, 0.717) is 17.0 Å². The van der Waals surface area contributed by atoms with Gasteiger partial charge in [0.05, 0.1) is 24.5 Å². The summed E-state index contributed by atoms with van der Waals surface area (Å²) in [7, 11) is 0. The van der Waals surface area contributed by atoms with Crippen LogP contribution >= 0.6 is 0 Å². The molecule has 3 aromatic rings. The molecule has 2 heterocycles. The van der Waals surface area contributed by atoms with Crippen LogP contribution in [-0.2, 0) is 11.0 Å². The third-order valence-corrected chi connectivity index (χ3v) is 4.22. The molecule has 0 spiro atoms. The monoisotopic (exact) mass is 427 g/mol. The van der Waals surface area contributed by atoms with Gasteiger partial charge in [0, 0.05) is 22.7 Å². The van der Waals surface area contributed by atoms with Gasteiger partial charge in [0.2, 0.25) is 0 Å². The van der Waals surface area contributed by atoms with E-state index in [1.807, 2.05) is 0 Å². The van der Waals surface area contributed by atoms with Gasteiger partial charge in [-0.3, -0.25) is 4.98 Å². The van der Waals surface area contributed by atoms with Gasteiger partial charge >= 0.3 is 35.7 Å². The molecule has 30 heavy (non-hydrogen) atoms. The first-order valence-electron chi connectivity index (χ1n) is 8.59. The van der Waals surface area contributed by atoms with Crippen LogP contribution in [-0.4, -0.2) is 27.5 Å². The number of alkyl halides is 3. The summed E-state index contributed by atoms with van der Waals surface area (Å²) >= 11 is 0. The number of nitrogens with zero attached hydrogens (tertiary/aromatic N) is 2. The molecule has 0 atom stereocenters. The Bertz CT molecular complexity index is 1000. The second-order valence-corrected chi connectivity index (χ2v) is 7.06. The number of hydrogen-bond donors (Lipinski definition) is 1. The molecule has 1 N–H and O–H groups in total. The van der Waals surface area contributed by atoms with Crippen molar-refractivity contribution in [3.05, 3.63) is 54.5 Å². The summed E-state index contributed by atoms with van der Waals surface area (Å²) in [5.41, 5.74) is -0.243. The topological polar surface area (TPSA) is 90.9 Å². The number of carboxylic acid groups (broad SMARTS) is 1. The maximum absolute atomic E-state index is 12.7. The Balaban J connectivity index is 0.00000320. The summed E-state index contributed by atoms with van der Waals surface area (Å²) in [4.78, 5) is 21.2. The number of carbonyl (C=O) groups excluding carboxylic acids is 1. The number of aromatic amines is 1. The van der Waals surface area contributed by atoms with E-state index in [2.05, 4.69) is 15.0 Å². The third-order valence-electron chi connectivity index (χ3n) is 4.22. The number of H-pyrrole nitrogens is 1. The normalized spacial score (nSPS) is 11.6. The van der Waals surface area contributed by atoms with Gasteiger partial charge in [-0.05, 0) is 36.4 Å². The van der Waals surface area contributed by atoms with Crippen LogP contribution in [0.1, 0.15) is 19.5 Å². The van der Waals surface area contributed by atoms with Gasteiger partial charge in [-0.1, -0.05) is 13.8 Å². The van der Waals surface area contributed by atoms with Gasteiger partial charge in [0.25, 0.3) is 0 Å². The summed E-state index contributed by atoms with van der Waals surface area (Å²) in [6, 6.07) is 10.1. The average Bonchev–Trinajstić information content (AvgIpc) is 3.18. The van der Waals surface area contributed by atoms with E-state index in [0.717, 1.165) is 11.8 Å². The fourth-order valence-corrected chi connectivity index (χ4v) is 2.36. The molecule has 6 nitrogen and oxygen atoms in total. The second kappa shape index (κ2) is 9.20. The van der Waals surface area contributed by atoms with Crippen LogP contribution in [0.25, 0.3) is 22.6 Å². The Morgan fingerprint density at radius 3 is 2.17 bits per heavy atom. The van der Waals surface area contributed by atoms with E-state index in [1.54, 1.807) is 36.4 Å². The van der Waals surface area contributed by atoms with E-state index < -0.39 is 23.3 Å². The number of aliphatic carboxylic acids is 1. The molecule has 0 aliphatic rings. The summed E-state index contributed by atoms with van der Waals surface area (Å²) in [5, 5.41) is 11.0. The van der Waals surface area contributed by atoms with Crippen molar-refractivity contribution in [1.82, 2.24) is 15.0 Å². The van der Waals surface area contributed by atoms with Crippen LogP contribution in [0.15, 0.2) is 48.8 Å². The number of nitrogens with one attached hydrogen (secondary N) is 1. The number of rotatable bonds is 6. The molecule has 2 aromatic heterocycles. The number of imidazole rings is 1. The summed E-state index contributed by atoms with van der Waals surface area (Å²) in [6.45, 7) is 2.99. The molecular formula is C20H17F3N3NaO3. The maximum atomic E-state index is 12.7. The predicted octanol–water partition coefficient (Wildman–Crippen LogP) is 0.316. The van der Waals surface area contributed by atoms with E-state index in [9.17, 15) is 23.1 Å². The number of carbonyl (C=O) groups is 1. The molecule has 10 heteroatoms. The zero-order chi connectivity index (χ0) is 21.2. The van der Waals surface area contributed by atoms with Crippen molar-refractivity contribution in [3.8, 4) is 28.4 Å². The third kappa shape index (κ3) is 5.62. The van der Waals surface area contributed by atoms with Crippen molar-refractivity contribution in [1.29, 1.82) is 0 Å². The zero-order valence-corrected chi connectivity index (χ0v) is 18.6. The SMILES string of the molecule is CC(C)(COc1ccc(-c2ccc(-c3ncc(C(F)(F)F)[nH]3)cn2)cc1)C(=O)[O-].[Na+]. The number of halogens is 3. The van der Waals surface area contributed by atoms with Crippen LogP contribution < -0.4 is 39.4 Å². The molecule has 0 amide bonds. The van der Waals surface area contributed by atoms with Crippen molar-refractivity contribution in [3.63, 3.8) is 0 Å². The van der Waals surface area contributed by atoms with Gasteiger partial charge in [0.15, 0.2) is 0 Å². The van der Waals surface area contributed by atoms with Crippen molar-refractivity contribution in [2.24, 2.45) is 5.41 Å².